The number of morpholine rings is 1. The normalized spacial score (nSPS) is 20.8. The van der Waals surface area contributed by atoms with Gasteiger partial charge in [0.05, 0.1) is 13.2 Å². The first-order chi connectivity index (χ1) is 8.59. The molecule has 1 aromatic rings. The van der Waals surface area contributed by atoms with Crippen molar-refractivity contribution >= 4 is 23.2 Å². The van der Waals surface area contributed by atoms with Gasteiger partial charge in [-0.1, -0.05) is 17.7 Å². The summed E-state index contributed by atoms with van der Waals surface area (Å²) in [6.45, 7) is 2.04. The zero-order chi connectivity index (χ0) is 13.1. The minimum atomic E-state index is -0.422. The van der Waals surface area contributed by atoms with Crippen LogP contribution in [0.2, 0.25) is 5.02 Å². The lowest BCUT2D eigenvalue weighted by Gasteiger charge is -2.33. The quantitative estimate of drug-likeness (QED) is 0.788. The predicted octanol–water partition coefficient (Wildman–Crippen LogP) is 0.608. The number of ether oxygens (including phenoxy) is 1. The van der Waals surface area contributed by atoms with E-state index in [-0.39, 0.29) is 5.91 Å². The number of nitrogens with zero attached hydrogens (tertiary/aromatic N) is 1. The lowest BCUT2D eigenvalue weighted by Crippen LogP contribution is -2.51. The minimum absolute atomic E-state index is 0.319. The van der Waals surface area contributed by atoms with E-state index in [0.717, 1.165) is 5.56 Å². The van der Waals surface area contributed by atoms with E-state index >= 15 is 0 Å². The molecule has 1 heterocycles. The summed E-state index contributed by atoms with van der Waals surface area (Å²) in [5, 5.41) is 0.602. The summed E-state index contributed by atoms with van der Waals surface area (Å²) in [6, 6.07) is 4.95. The SMILES string of the molecule is NC(=O)C1COCCN1Cc1c(N)cccc1Cl. The minimum Gasteiger partial charge on any atom is -0.398 e. The molecule has 0 spiro atoms. The Labute approximate surface area is 111 Å². The van der Waals surface area contributed by atoms with Crippen molar-refractivity contribution in [3.63, 3.8) is 0 Å². The average Bonchev–Trinajstić information content (AvgIpc) is 2.34. The molecular formula is C12H16ClN3O2. The number of halogens is 1. The number of hydrogen-bond donors (Lipinski definition) is 2. The number of primary amides is 1. The van der Waals surface area contributed by atoms with Crippen molar-refractivity contribution in [3.05, 3.63) is 28.8 Å². The molecule has 1 aliphatic rings. The van der Waals surface area contributed by atoms with Crippen LogP contribution < -0.4 is 11.5 Å². The Hall–Kier alpha value is -1.30. The molecule has 1 amide bonds. The highest BCUT2D eigenvalue weighted by Gasteiger charge is 2.28. The second-order valence-electron chi connectivity index (χ2n) is 4.27. The molecule has 18 heavy (non-hydrogen) atoms. The molecule has 1 saturated heterocycles. The van der Waals surface area contributed by atoms with Gasteiger partial charge in [-0.25, -0.2) is 0 Å². The van der Waals surface area contributed by atoms with Crippen molar-refractivity contribution in [1.29, 1.82) is 0 Å². The van der Waals surface area contributed by atoms with Gasteiger partial charge in [0.2, 0.25) is 5.91 Å². The zero-order valence-electron chi connectivity index (χ0n) is 9.93. The van der Waals surface area contributed by atoms with Gasteiger partial charge in [0.15, 0.2) is 0 Å². The van der Waals surface area contributed by atoms with Crippen LogP contribution in [0.25, 0.3) is 0 Å². The van der Waals surface area contributed by atoms with E-state index in [4.69, 9.17) is 27.8 Å². The summed E-state index contributed by atoms with van der Waals surface area (Å²) >= 11 is 6.12. The molecule has 2 rings (SSSR count). The summed E-state index contributed by atoms with van der Waals surface area (Å²) in [5.74, 6) is -0.389. The van der Waals surface area contributed by atoms with Gasteiger partial charge >= 0.3 is 0 Å². The second-order valence-corrected chi connectivity index (χ2v) is 4.68. The van der Waals surface area contributed by atoms with Crippen LogP contribution in [-0.4, -0.2) is 36.6 Å². The van der Waals surface area contributed by atoms with E-state index in [9.17, 15) is 4.79 Å². The maximum atomic E-state index is 11.4. The Morgan fingerprint density at radius 2 is 2.33 bits per heavy atom. The average molecular weight is 270 g/mol. The highest BCUT2D eigenvalue weighted by atomic mass is 35.5. The maximum absolute atomic E-state index is 11.4. The van der Waals surface area contributed by atoms with Crippen molar-refractivity contribution in [1.82, 2.24) is 4.90 Å². The first kappa shape index (κ1) is 13.1. The van der Waals surface area contributed by atoms with Crippen molar-refractivity contribution in [2.45, 2.75) is 12.6 Å². The molecule has 6 heteroatoms. The Morgan fingerprint density at radius 1 is 1.56 bits per heavy atom. The third kappa shape index (κ3) is 2.75. The summed E-state index contributed by atoms with van der Waals surface area (Å²) in [7, 11) is 0. The summed E-state index contributed by atoms with van der Waals surface area (Å²) in [6.07, 6.45) is 0. The van der Waals surface area contributed by atoms with Gasteiger partial charge in [-0.15, -0.1) is 0 Å². The molecule has 98 valence electrons. The molecule has 4 N–H and O–H groups in total. The van der Waals surface area contributed by atoms with E-state index in [2.05, 4.69) is 0 Å². The van der Waals surface area contributed by atoms with E-state index in [1.54, 1.807) is 18.2 Å². The van der Waals surface area contributed by atoms with Gasteiger partial charge in [0.25, 0.3) is 0 Å². The fraction of sp³-hybridized carbons (Fsp3) is 0.417. The molecule has 0 aromatic heterocycles. The van der Waals surface area contributed by atoms with Crippen LogP contribution in [0.15, 0.2) is 18.2 Å². The molecule has 1 atom stereocenters. The third-order valence-electron chi connectivity index (χ3n) is 3.08. The van der Waals surface area contributed by atoms with E-state index in [1.807, 2.05) is 4.90 Å². The number of nitrogens with two attached hydrogens (primary N) is 2. The molecular weight excluding hydrogens is 254 g/mol. The predicted molar refractivity (Wildman–Crippen MR) is 70.1 cm³/mol. The van der Waals surface area contributed by atoms with Crippen LogP contribution in [0.5, 0.6) is 0 Å². The van der Waals surface area contributed by atoms with Gasteiger partial charge in [0, 0.05) is 29.4 Å². The van der Waals surface area contributed by atoms with E-state index in [1.165, 1.54) is 0 Å². The fourth-order valence-electron chi connectivity index (χ4n) is 2.03. The van der Waals surface area contributed by atoms with Gasteiger partial charge in [-0.3, -0.25) is 9.69 Å². The number of anilines is 1. The van der Waals surface area contributed by atoms with Gasteiger partial charge in [-0.05, 0) is 12.1 Å². The standard InChI is InChI=1S/C12H16ClN3O2/c13-9-2-1-3-10(14)8(9)6-16-4-5-18-7-11(16)12(15)17/h1-3,11H,4-7,14H2,(H2,15,17). The number of benzene rings is 1. The Bertz CT molecular complexity index is 433. The van der Waals surface area contributed by atoms with Crippen molar-refractivity contribution in [3.8, 4) is 0 Å². The number of nitrogen functional groups attached to an aromatic ring is 1. The number of carbonyl (C=O) groups is 1. The molecule has 0 bridgehead atoms. The number of hydrogen-bond acceptors (Lipinski definition) is 4. The number of carbonyl (C=O) groups excluding carboxylic acids is 1. The maximum Gasteiger partial charge on any atom is 0.237 e. The van der Waals surface area contributed by atoms with Crippen molar-refractivity contribution in [2.75, 3.05) is 25.5 Å². The van der Waals surface area contributed by atoms with Crippen molar-refractivity contribution in [2.24, 2.45) is 5.73 Å². The van der Waals surface area contributed by atoms with Crippen LogP contribution in [0.4, 0.5) is 5.69 Å². The molecule has 1 unspecified atom stereocenters. The van der Waals surface area contributed by atoms with Crippen molar-refractivity contribution < 1.29 is 9.53 Å². The van der Waals surface area contributed by atoms with Crippen LogP contribution in [-0.2, 0) is 16.1 Å². The fourth-order valence-corrected chi connectivity index (χ4v) is 2.28. The smallest absolute Gasteiger partial charge is 0.237 e. The topological polar surface area (TPSA) is 81.6 Å². The molecule has 1 fully saturated rings. The number of amides is 1. The number of rotatable bonds is 3. The Morgan fingerprint density at radius 3 is 3.00 bits per heavy atom. The molecule has 0 saturated carbocycles. The van der Waals surface area contributed by atoms with Gasteiger partial charge < -0.3 is 16.2 Å². The Kier molecular flexibility index (Phi) is 4.06. The summed E-state index contributed by atoms with van der Waals surface area (Å²) in [4.78, 5) is 13.3. The third-order valence-corrected chi connectivity index (χ3v) is 3.44. The lowest BCUT2D eigenvalue weighted by atomic mass is 10.1. The van der Waals surface area contributed by atoms with Crippen LogP contribution in [0.3, 0.4) is 0 Å². The van der Waals surface area contributed by atoms with E-state index < -0.39 is 6.04 Å². The highest BCUT2D eigenvalue weighted by Crippen LogP contribution is 2.25. The second kappa shape index (κ2) is 5.56. The highest BCUT2D eigenvalue weighted by molar-refractivity contribution is 6.31. The lowest BCUT2D eigenvalue weighted by molar-refractivity contribution is -0.129. The van der Waals surface area contributed by atoms with Crippen LogP contribution in [0, 0.1) is 0 Å². The van der Waals surface area contributed by atoms with Gasteiger partial charge in [0.1, 0.15) is 6.04 Å². The molecule has 0 aliphatic carbocycles. The van der Waals surface area contributed by atoms with E-state index in [0.29, 0.717) is 37.0 Å². The molecule has 1 aliphatic heterocycles. The Balaban J connectivity index is 2.18. The molecule has 5 nitrogen and oxygen atoms in total. The summed E-state index contributed by atoms with van der Waals surface area (Å²) in [5.41, 5.74) is 12.7. The largest absolute Gasteiger partial charge is 0.398 e. The van der Waals surface area contributed by atoms with Gasteiger partial charge in [-0.2, -0.15) is 0 Å². The van der Waals surface area contributed by atoms with Crippen LogP contribution >= 0.6 is 11.6 Å². The molecule has 1 aromatic carbocycles. The molecule has 0 radical (unpaired) electrons. The first-order valence-corrected chi connectivity index (χ1v) is 6.11. The monoisotopic (exact) mass is 269 g/mol. The summed E-state index contributed by atoms with van der Waals surface area (Å²) < 4.78 is 5.27. The zero-order valence-corrected chi connectivity index (χ0v) is 10.7. The first-order valence-electron chi connectivity index (χ1n) is 5.73. The van der Waals surface area contributed by atoms with Crippen LogP contribution in [0.1, 0.15) is 5.56 Å².